The first-order valence-electron chi connectivity index (χ1n) is 9.58. The number of para-hydroxylation sites is 1. The summed E-state index contributed by atoms with van der Waals surface area (Å²) in [5.41, 5.74) is 3.57. The Hall–Kier alpha value is -1.85. The van der Waals surface area contributed by atoms with E-state index in [0.29, 0.717) is 6.04 Å². The highest BCUT2D eigenvalue weighted by atomic mass is 32.1. The number of amides is 1. The van der Waals surface area contributed by atoms with Gasteiger partial charge in [-0.3, -0.25) is 9.69 Å². The number of piperidine rings is 1. The van der Waals surface area contributed by atoms with Crippen LogP contribution in [-0.2, 0) is 0 Å². The van der Waals surface area contributed by atoms with E-state index in [9.17, 15) is 4.79 Å². The molecule has 138 valence electrons. The molecule has 0 spiro atoms. The summed E-state index contributed by atoms with van der Waals surface area (Å²) < 4.78 is 0. The van der Waals surface area contributed by atoms with Crippen molar-refractivity contribution in [3.05, 3.63) is 52.2 Å². The third kappa shape index (κ3) is 3.64. The van der Waals surface area contributed by atoms with Crippen molar-refractivity contribution in [1.82, 2.24) is 9.80 Å². The van der Waals surface area contributed by atoms with Crippen LogP contribution < -0.4 is 4.90 Å². The summed E-state index contributed by atoms with van der Waals surface area (Å²) in [7, 11) is 0. The maximum atomic E-state index is 12.7. The summed E-state index contributed by atoms with van der Waals surface area (Å²) in [6.45, 7) is 8.27. The van der Waals surface area contributed by atoms with Gasteiger partial charge in [0.2, 0.25) is 0 Å². The van der Waals surface area contributed by atoms with Gasteiger partial charge in [0, 0.05) is 56.4 Å². The van der Waals surface area contributed by atoms with Gasteiger partial charge in [0.15, 0.2) is 0 Å². The number of nitrogens with zero attached hydrogens (tertiary/aromatic N) is 3. The molecule has 0 radical (unpaired) electrons. The number of rotatable bonds is 3. The Kier molecular flexibility index (Phi) is 5.27. The first-order valence-corrected chi connectivity index (χ1v) is 10.5. The van der Waals surface area contributed by atoms with Crippen LogP contribution in [0.4, 0.5) is 5.69 Å². The normalized spacial score (nSPS) is 21.8. The van der Waals surface area contributed by atoms with E-state index in [1.807, 2.05) is 16.8 Å². The highest BCUT2D eigenvalue weighted by Gasteiger charge is 2.30. The van der Waals surface area contributed by atoms with Gasteiger partial charge in [-0.2, -0.15) is 11.3 Å². The van der Waals surface area contributed by atoms with Crippen molar-refractivity contribution in [2.45, 2.75) is 25.8 Å². The topological polar surface area (TPSA) is 26.8 Å². The van der Waals surface area contributed by atoms with E-state index in [0.717, 1.165) is 51.3 Å². The van der Waals surface area contributed by atoms with E-state index in [-0.39, 0.29) is 5.91 Å². The van der Waals surface area contributed by atoms with E-state index in [4.69, 9.17) is 0 Å². The first-order chi connectivity index (χ1) is 12.7. The fourth-order valence-corrected chi connectivity index (χ4v) is 4.88. The van der Waals surface area contributed by atoms with Gasteiger partial charge >= 0.3 is 0 Å². The third-order valence-electron chi connectivity index (χ3n) is 5.74. The van der Waals surface area contributed by atoms with Crippen molar-refractivity contribution >= 4 is 22.9 Å². The molecule has 0 unspecified atom stereocenters. The molecule has 0 bridgehead atoms. The summed E-state index contributed by atoms with van der Waals surface area (Å²) in [5.74, 6) is 0.203. The summed E-state index contributed by atoms with van der Waals surface area (Å²) in [5, 5.41) is 3.95. The van der Waals surface area contributed by atoms with Crippen molar-refractivity contribution in [2.24, 2.45) is 0 Å². The Morgan fingerprint density at radius 1 is 1.08 bits per heavy atom. The molecule has 4 rings (SSSR count). The van der Waals surface area contributed by atoms with Crippen LogP contribution in [0.2, 0.25) is 0 Å². The van der Waals surface area contributed by atoms with Crippen LogP contribution in [0.15, 0.2) is 41.1 Å². The second-order valence-corrected chi connectivity index (χ2v) is 8.15. The molecule has 4 nitrogen and oxygen atoms in total. The van der Waals surface area contributed by atoms with Gasteiger partial charge in [0.25, 0.3) is 5.91 Å². The lowest BCUT2D eigenvalue weighted by atomic mass is 10.0. The lowest BCUT2D eigenvalue weighted by molar-refractivity contribution is 0.0564. The molecule has 2 aliphatic heterocycles. The first kappa shape index (κ1) is 17.6. The predicted molar refractivity (Wildman–Crippen MR) is 108 cm³/mol. The van der Waals surface area contributed by atoms with Crippen LogP contribution in [0.5, 0.6) is 0 Å². The second kappa shape index (κ2) is 7.80. The van der Waals surface area contributed by atoms with Crippen LogP contribution in [0.1, 0.15) is 28.8 Å². The minimum atomic E-state index is 0.203. The lowest BCUT2D eigenvalue weighted by Gasteiger charge is -2.44. The number of anilines is 1. The van der Waals surface area contributed by atoms with Gasteiger partial charge in [0.05, 0.1) is 5.56 Å². The molecule has 0 N–H and O–H groups in total. The molecule has 26 heavy (non-hydrogen) atoms. The Balaban J connectivity index is 1.35. The van der Waals surface area contributed by atoms with Crippen molar-refractivity contribution in [3.8, 4) is 0 Å². The Morgan fingerprint density at radius 2 is 1.88 bits per heavy atom. The molecule has 1 aromatic heterocycles. The molecule has 0 saturated carbocycles. The van der Waals surface area contributed by atoms with Crippen LogP contribution in [0, 0.1) is 6.92 Å². The van der Waals surface area contributed by atoms with E-state index < -0.39 is 0 Å². The molecule has 0 aliphatic carbocycles. The second-order valence-electron chi connectivity index (χ2n) is 7.37. The molecule has 2 aromatic rings. The molecule has 2 aliphatic rings. The minimum absolute atomic E-state index is 0.203. The van der Waals surface area contributed by atoms with Crippen LogP contribution in [-0.4, -0.2) is 61.0 Å². The van der Waals surface area contributed by atoms with Crippen LogP contribution in [0.3, 0.4) is 0 Å². The number of benzene rings is 1. The lowest BCUT2D eigenvalue weighted by Crippen LogP contribution is -2.56. The molecular formula is C21H27N3OS. The summed E-state index contributed by atoms with van der Waals surface area (Å²) in [4.78, 5) is 19.8. The zero-order chi connectivity index (χ0) is 17.9. The number of carbonyl (C=O) groups is 1. The fourth-order valence-electron chi connectivity index (χ4n) is 4.25. The number of likely N-dealkylation sites (tertiary alicyclic amines) is 1. The summed E-state index contributed by atoms with van der Waals surface area (Å²) in [6, 6.07) is 11.1. The van der Waals surface area contributed by atoms with E-state index in [1.165, 1.54) is 17.7 Å². The average molecular weight is 370 g/mol. The largest absolute Gasteiger partial charge is 0.369 e. The van der Waals surface area contributed by atoms with Gasteiger partial charge in [-0.25, -0.2) is 0 Å². The van der Waals surface area contributed by atoms with Gasteiger partial charge in [-0.15, -0.1) is 0 Å². The Bertz CT molecular complexity index is 737. The maximum absolute atomic E-state index is 12.7. The van der Waals surface area contributed by atoms with Gasteiger partial charge in [-0.1, -0.05) is 18.2 Å². The standard InChI is InChI=1S/C21H27N3OS/c1-17-5-2-3-7-20(17)23-12-10-22(11-13-23)19-6-4-9-24(15-19)21(25)18-8-14-26-16-18/h2-3,5,7-8,14,16,19H,4,6,9-13,15H2,1H3/t19-/m1/s1. The third-order valence-corrected chi connectivity index (χ3v) is 6.42. The van der Waals surface area contributed by atoms with Crippen molar-refractivity contribution < 1.29 is 4.79 Å². The zero-order valence-corrected chi connectivity index (χ0v) is 16.3. The Morgan fingerprint density at radius 3 is 2.62 bits per heavy atom. The fraction of sp³-hybridized carbons (Fsp3) is 0.476. The average Bonchev–Trinajstić information content (AvgIpc) is 3.23. The van der Waals surface area contributed by atoms with Crippen molar-refractivity contribution in [1.29, 1.82) is 0 Å². The molecule has 1 amide bonds. The minimum Gasteiger partial charge on any atom is -0.369 e. The number of aryl methyl sites for hydroxylation is 1. The van der Waals surface area contributed by atoms with Gasteiger partial charge in [0.1, 0.15) is 0 Å². The smallest absolute Gasteiger partial charge is 0.254 e. The maximum Gasteiger partial charge on any atom is 0.254 e. The monoisotopic (exact) mass is 369 g/mol. The molecule has 2 saturated heterocycles. The van der Waals surface area contributed by atoms with E-state index in [1.54, 1.807) is 11.3 Å². The van der Waals surface area contributed by atoms with Crippen LogP contribution in [0.25, 0.3) is 0 Å². The molecule has 2 fully saturated rings. The number of thiophene rings is 1. The summed E-state index contributed by atoms with van der Waals surface area (Å²) >= 11 is 1.60. The summed E-state index contributed by atoms with van der Waals surface area (Å²) in [6.07, 6.45) is 2.32. The number of hydrogen-bond donors (Lipinski definition) is 0. The molecule has 5 heteroatoms. The number of piperazine rings is 1. The van der Waals surface area contributed by atoms with Crippen molar-refractivity contribution in [3.63, 3.8) is 0 Å². The number of carbonyl (C=O) groups excluding carboxylic acids is 1. The molecule has 3 heterocycles. The molecule has 1 aromatic carbocycles. The van der Waals surface area contributed by atoms with Gasteiger partial charge in [-0.05, 0) is 42.8 Å². The SMILES string of the molecule is Cc1ccccc1N1CCN([C@@H]2CCCN(C(=O)c3ccsc3)C2)CC1. The predicted octanol–water partition coefficient (Wildman–Crippen LogP) is 3.48. The Labute approximate surface area is 160 Å². The molecular weight excluding hydrogens is 342 g/mol. The highest BCUT2D eigenvalue weighted by Crippen LogP contribution is 2.24. The van der Waals surface area contributed by atoms with Crippen molar-refractivity contribution in [2.75, 3.05) is 44.2 Å². The van der Waals surface area contributed by atoms with Crippen LogP contribution >= 0.6 is 11.3 Å². The number of hydrogen-bond acceptors (Lipinski definition) is 4. The van der Waals surface area contributed by atoms with E-state index in [2.05, 4.69) is 45.9 Å². The highest BCUT2D eigenvalue weighted by molar-refractivity contribution is 7.08. The van der Waals surface area contributed by atoms with E-state index >= 15 is 0 Å². The zero-order valence-electron chi connectivity index (χ0n) is 15.4. The quantitative estimate of drug-likeness (QED) is 0.829. The molecule has 1 atom stereocenters. The van der Waals surface area contributed by atoms with Gasteiger partial charge < -0.3 is 9.80 Å².